The van der Waals surface area contributed by atoms with E-state index in [-0.39, 0.29) is 22.7 Å². The van der Waals surface area contributed by atoms with Crippen molar-refractivity contribution >= 4 is 5.91 Å². The zero-order valence-corrected chi connectivity index (χ0v) is 10.2. The quantitative estimate of drug-likeness (QED) is 0.804. The Bertz CT molecular complexity index is 380. The zero-order valence-electron chi connectivity index (χ0n) is 10.2. The first-order valence-corrected chi connectivity index (χ1v) is 5.49. The number of nitrogens with zero attached hydrogens (tertiary/aromatic N) is 2. The lowest BCUT2D eigenvalue weighted by Crippen LogP contribution is -2.27. The molecule has 5 heteroatoms. The van der Waals surface area contributed by atoms with Crippen molar-refractivity contribution in [3.63, 3.8) is 0 Å². The van der Waals surface area contributed by atoms with Crippen LogP contribution in [0.5, 0.6) is 0 Å². The summed E-state index contributed by atoms with van der Waals surface area (Å²) in [6.07, 6.45) is 1.44. The molecule has 1 aromatic rings. The van der Waals surface area contributed by atoms with Gasteiger partial charge in [0.2, 0.25) is 5.91 Å². The van der Waals surface area contributed by atoms with Gasteiger partial charge < -0.3 is 5.32 Å². The Hall–Kier alpha value is -1.39. The van der Waals surface area contributed by atoms with Gasteiger partial charge in [0.05, 0.1) is 6.54 Å². The molecule has 2 rings (SSSR count). The van der Waals surface area contributed by atoms with Gasteiger partial charge in [-0.05, 0) is 10.8 Å². The third-order valence-corrected chi connectivity index (χ3v) is 4.18. The molecular formula is C11H18N4O. The summed E-state index contributed by atoms with van der Waals surface area (Å²) in [5, 5.41) is 9.33. The van der Waals surface area contributed by atoms with Crippen molar-refractivity contribution in [1.82, 2.24) is 20.5 Å². The summed E-state index contributed by atoms with van der Waals surface area (Å²) in [5.41, 5.74) is 0.164. The number of rotatable bonds is 3. The fourth-order valence-electron chi connectivity index (χ4n) is 2.44. The van der Waals surface area contributed by atoms with Crippen LogP contribution in [-0.2, 0) is 11.3 Å². The van der Waals surface area contributed by atoms with Gasteiger partial charge in [0.1, 0.15) is 12.2 Å². The normalized spacial score (nSPS) is 21.8. The molecule has 1 amide bonds. The van der Waals surface area contributed by atoms with Crippen LogP contribution >= 0.6 is 0 Å². The Morgan fingerprint density at radius 1 is 1.44 bits per heavy atom. The van der Waals surface area contributed by atoms with Gasteiger partial charge in [-0.15, -0.1) is 0 Å². The second kappa shape index (κ2) is 3.30. The maximum atomic E-state index is 12.0. The number of nitrogens with one attached hydrogen (secondary N) is 2. The maximum absolute atomic E-state index is 12.0. The van der Waals surface area contributed by atoms with E-state index in [2.05, 4.69) is 48.2 Å². The van der Waals surface area contributed by atoms with E-state index in [1.54, 1.807) is 0 Å². The van der Waals surface area contributed by atoms with Crippen LogP contribution in [-0.4, -0.2) is 21.1 Å². The highest BCUT2D eigenvalue weighted by atomic mass is 16.2. The lowest BCUT2D eigenvalue weighted by molar-refractivity contribution is -0.123. The molecule has 0 bridgehead atoms. The van der Waals surface area contributed by atoms with Crippen LogP contribution in [0.25, 0.3) is 0 Å². The monoisotopic (exact) mass is 222 g/mol. The van der Waals surface area contributed by atoms with Crippen molar-refractivity contribution in [2.75, 3.05) is 0 Å². The molecule has 1 aromatic heterocycles. The first kappa shape index (κ1) is 11.1. The fourth-order valence-corrected chi connectivity index (χ4v) is 2.44. The van der Waals surface area contributed by atoms with Crippen molar-refractivity contribution in [2.45, 2.75) is 34.2 Å². The van der Waals surface area contributed by atoms with E-state index in [0.29, 0.717) is 12.4 Å². The number of aromatic amines is 1. The molecule has 1 aliphatic rings. The first-order chi connectivity index (χ1) is 7.37. The molecule has 0 atom stereocenters. The van der Waals surface area contributed by atoms with Crippen LogP contribution in [0, 0.1) is 16.7 Å². The standard InChI is InChI=1S/C11H18N4O/c1-10(2)8(11(10,3)4)9(16)12-5-7-13-6-14-15-7/h6,8H,5H2,1-4H3,(H,12,16)(H,13,14,15). The van der Waals surface area contributed by atoms with E-state index in [1.165, 1.54) is 6.33 Å². The van der Waals surface area contributed by atoms with E-state index >= 15 is 0 Å². The number of hydrogen-bond donors (Lipinski definition) is 2. The average Bonchev–Trinajstić information content (AvgIpc) is 2.61. The lowest BCUT2D eigenvalue weighted by atomic mass is 10.0. The van der Waals surface area contributed by atoms with Crippen LogP contribution in [0.15, 0.2) is 6.33 Å². The minimum absolute atomic E-state index is 0.0818. The van der Waals surface area contributed by atoms with Gasteiger partial charge in [-0.3, -0.25) is 9.89 Å². The van der Waals surface area contributed by atoms with Gasteiger partial charge >= 0.3 is 0 Å². The molecule has 0 spiro atoms. The minimum atomic E-state index is 0.0818. The SMILES string of the molecule is CC1(C)C(C(=O)NCc2ncn[nH]2)C1(C)C. The van der Waals surface area contributed by atoms with Crippen molar-refractivity contribution in [3.05, 3.63) is 12.2 Å². The summed E-state index contributed by atoms with van der Waals surface area (Å²) in [6, 6.07) is 0. The molecule has 16 heavy (non-hydrogen) atoms. The van der Waals surface area contributed by atoms with Crippen LogP contribution in [0.1, 0.15) is 33.5 Å². The van der Waals surface area contributed by atoms with Crippen molar-refractivity contribution in [2.24, 2.45) is 16.7 Å². The van der Waals surface area contributed by atoms with Crippen LogP contribution in [0.2, 0.25) is 0 Å². The molecule has 1 fully saturated rings. The largest absolute Gasteiger partial charge is 0.349 e. The van der Waals surface area contributed by atoms with Gasteiger partial charge in [-0.1, -0.05) is 27.7 Å². The molecule has 1 saturated carbocycles. The van der Waals surface area contributed by atoms with Crippen LogP contribution in [0.3, 0.4) is 0 Å². The van der Waals surface area contributed by atoms with Crippen LogP contribution < -0.4 is 5.32 Å². The number of carbonyl (C=O) groups is 1. The Morgan fingerprint density at radius 3 is 2.50 bits per heavy atom. The summed E-state index contributed by atoms with van der Waals surface area (Å²) >= 11 is 0. The van der Waals surface area contributed by atoms with E-state index < -0.39 is 0 Å². The highest BCUT2D eigenvalue weighted by Crippen LogP contribution is 2.68. The number of aromatic nitrogens is 3. The Morgan fingerprint density at radius 2 is 2.06 bits per heavy atom. The maximum Gasteiger partial charge on any atom is 0.224 e. The Kier molecular flexibility index (Phi) is 2.29. The molecule has 2 N–H and O–H groups in total. The summed E-state index contributed by atoms with van der Waals surface area (Å²) < 4.78 is 0. The van der Waals surface area contributed by atoms with E-state index in [4.69, 9.17) is 0 Å². The van der Waals surface area contributed by atoms with E-state index in [0.717, 1.165) is 0 Å². The number of H-pyrrole nitrogens is 1. The summed E-state index contributed by atoms with van der Waals surface area (Å²) in [7, 11) is 0. The molecular weight excluding hydrogens is 204 g/mol. The van der Waals surface area contributed by atoms with Crippen LogP contribution in [0.4, 0.5) is 0 Å². The molecule has 0 radical (unpaired) electrons. The third-order valence-electron chi connectivity index (χ3n) is 4.18. The van der Waals surface area contributed by atoms with Crippen molar-refractivity contribution < 1.29 is 4.79 Å². The minimum Gasteiger partial charge on any atom is -0.349 e. The second-order valence-electron chi connectivity index (χ2n) is 5.53. The smallest absolute Gasteiger partial charge is 0.224 e. The molecule has 0 saturated heterocycles. The topological polar surface area (TPSA) is 70.7 Å². The molecule has 0 unspecified atom stereocenters. The lowest BCUT2D eigenvalue weighted by Gasteiger charge is -2.03. The summed E-state index contributed by atoms with van der Waals surface area (Å²) in [4.78, 5) is 15.9. The van der Waals surface area contributed by atoms with Gasteiger partial charge in [0.15, 0.2) is 0 Å². The van der Waals surface area contributed by atoms with E-state index in [1.807, 2.05) is 0 Å². The molecule has 0 aromatic carbocycles. The van der Waals surface area contributed by atoms with Gasteiger partial charge in [0.25, 0.3) is 0 Å². The predicted octanol–water partition coefficient (Wildman–Crippen LogP) is 1.10. The van der Waals surface area contributed by atoms with E-state index in [9.17, 15) is 4.79 Å². The highest BCUT2D eigenvalue weighted by Gasteiger charge is 2.68. The van der Waals surface area contributed by atoms with Crippen molar-refractivity contribution in [1.29, 1.82) is 0 Å². The molecule has 5 nitrogen and oxygen atoms in total. The Labute approximate surface area is 95.0 Å². The number of amides is 1. The van der Waals surface area contributed by atoms with Crippen molar-refractivity contribution in [3.8, 4) is 0 Å². The zero-order chi connectivity index (χ0) is 12.0. The summed E-state index contributed by atoms with van der Waals surface area (Å²) in [5.74, 6) is 0.874. The molecule has 1 aliphatic carbocycles. The predicted molar refractivity (Wildman–Crippen MR) is 59.3 cm³/mol. The number of carbonyl (C=O) groups excluding carboxylic acids is 1. The average molecular weight is 222 g/mol. The summed E-state index contributed by atoms with van der Waals surface area (Å²) in [6.45, 7) is 8.94. The van der Waals surface area contributed by atoms with Gasteiger partial charge in [-0.25, -0.2) is 4.98 Å². The second-order valence-corrected chi connectivity index (χ2v) is 5.53. The Balaban J connectivity index is 1.91. The molecule has 88 valence electrons. The fraction of sp³-hybridized carbons (Fsp3) is 0.727. The third kappa shape index (κ3) is 1.50. The molecule has 0 aliphatic heterocycles. The molecule has 1 heterocycles. The van der Waals surface area contributed by atoms with Gasteiger partial charge in [-0.2, -0.15) is 5.10 Å². The number of hydrogen-bond acceptors (Lipinski definition) is 3. The van der Waals surface area contributed by atoms with Gasteiger partial charge in [0, 0.05) is 5.92 Å². The first-order valence-electron chi connectivity index (χ1n) is 5.49. The highest BCUT2D eigenvalue weighted by molar-refractivity contribution is 5.84.